The van der Waals surface area contributed by atoms with E-state index in [9.17, 15) is 13.2 Å². The van der Waals surface area contributed by atoms with E-state index in [1.54, 1.807) is 7.11 Å². The van der Waals surface area contributed by atoms with Gasteiger partial charge in [-0.3, -0.25) is 4.79 Å². The SMILES string of the molecule is COCCCNC(=O)c1csc(S(=O)(=O)Cl)c1. The third kappa shape index (κ3) is 4.63. The first-order chi connectivity index (χ1) is 7.95. The van der Waals surface area contributed by atoms with Gasteiger partial charge in [0.15, 0.2) is 0 Å². The van der Waals surface area contributed by atoms with Crippen molar-refractivity contribution in [3.05, 3.63) is 17.0 Å². The first-order valence-corrected chi connectivity index (χ1v) is 7.94. The van der Waals surface area contributed by atoms with Gasteiger partial charge < -0.3 is 10.1 Å². The van der Waals surface area contributed by atoms with Crippen molar-refractivity contribution in [3.63, 3.8) is 0 Å². The monoisotopic (exact) mass is 297 g/mol. The molecular weight excluding hydrogens is 286 g/mol. The van der Waals surface area contributed by atoms with Crippen molar-refractivity contribution >= 4 is 37.0 Å². The van der Waals surface area contributed by atoms with Gasteiger partial charge in [-0.2, -0.15) is 0 Å². The first kappa shape index (κ1) is 14.4. The summed E-state index contributed by atoms with van der Waals surface area (Å²) in [4.78, 5) is 11.6. The topological polar surface area (TPSA) is 72.5 Å². The number of nitrogens with one attached hydrogen (secondary N) is 1. The first-order valence-electron chi connectivity index (χ1n) is 4.75. The molecular formula is C9H12ClNO4S2. The highest BCUT2D eigenvalue weighted by Crippen LogP contribution is 2.23. The van der Waals surface area contributed by atoms with Crippen LogP contribution in [0.2, 0.25) is 0 Å². The molecule has 0 aliphatic carbocycles. The molecule has 0 aliphatic rings. The fourth-order valence-electron chi connectivity index (χ4n) is 1.08. The highest BCUT2D eigenvalue weighted by Gasteiger charge is 2.16. The van der Waals surface area contributed by atoms with Crippen molar-refractivity contribution < 1.29 is 17.9 Å². The van der Waals surface area contributed by atoms with Gasteiger partial charge in [0, 0.05) is 36.3 Å². The zero-order valence-electron chi connectivity index (χ0n) is 9.10. The number of carbonyl (C=O) groups is 1. The molecule has 1 rings (SSSR count). The van der Waals surface area contributed by atoms with Crippen molar-refractivity contribution in [1.82, 2.24) is 5.32 Å². The molecule has 96 valence electrons. The largest absolute Gasteiger partial charge is 0.385 e. The summed E-state index contributed by atoms with van der Waals surface area (Å²) in [5.41, 5.74) is 0.298. The second-order valence-electron chi connectivity index (χ2n) is 3.19. The molecule has 1 aromatic heterocycles. The van der Waals surface area contributed by atoms with Crippen molar-refractivity contribution in [1.29, 1.82) is 0 Å². The van der Waals surface area contributed by atoms with Gasteiger partial charge in [-0.05, 0) is 12.5 Å². The lowest BCUT2D eigenvalue weighted by molar-refractivity contribution is 0.0949. The van der Waals surface area contributed by atoms with Crippen LogP contribution in [0.5, 0.6) is 0 Å². The number of hydrogen-bond donors (Lipinski definition) is 1. The molecule has 1 heterocycles. The Labute approximate surface area is 108 Å². The maximum absolute atomic E-state index is 11.6. The lowest BCUT2D eigenvalue weighted by Crippen LogP contribution is -2.24. The van der Waals surface area contributed by atoms with Gasteiger partial charge in [0.2, 0.25) is 0 Å². The van der Waals surface area contributed by atoms with Crippen molar-refractivity contribution in [2.24, 2.45) is 0 Å². The van der Waals surface area contributed by atoms with Gasteiger partial charge in [-0.15, -0.1) is 11.3 Å². The van der Waals surface area contributed by atoms with Gasteiger partial charge in [-0.25, -0.2) is 8.42 Å². The molecule has 0 atom stereocenters. The standard InChI is InChI=1S/C9H12ClNO4S2/c1-15-4-2-3-11-9(12)7-5-8(16-6-7)17(10,13)14/h5-6H,2-4H2,1H3,(H,11,12). The minimum atomic E-state index is -3.75. The van der Waals surface area contributed by atoms with E-state index >= 15 is 0 Å². The molecule has 17 heavy (non-hydrogen) atoms. The Morgan fingerprint density at radius 1 is 1.59 bits per heavy atom. The van der Waals surface area contributed by atoms with Gasteiger partial charge in [0.05, 0.1) is 5.56 Å². The summed E-state index contributed by atoms with van der Waals surface area (Å²) in [6.45, 7) is 1.04. The Morgan fingerprint density at radius 2 is 2.29 bits per heavy atom. The number of hydrogen-bond acceptors (Lipinski definition) is 5. The Kier molecular flexibility index (Phi) is 5.38. The van der Waals surface area contributed by atoms with Crippen LogP contribution in [-0.4, -0.2) is 34.6 Å². The van der Waals surface area contributed by atoms with Crippen LogP contribution < -0.4 is 5.32 Å². The molecule has 0 spiro atoms. The van der Waals surface area contributed by atoms with E-state index in [-0.39, 0.29) is 10.1 Å². The number of halogens is 1. The molecule has 0 aliphatic heterocycles. The predicted molar refractivity (Wildman–Crippen MR) is 66.2 cm³/mol. The normalized spacial score (nSPS) is 11.4. The molecule has 1 N–H and O–H groups in total. The summed E-state index contributed by atoms with van der Waals surface area (Å²) < 4.78 is 26.8. The van der Waals surface area contributed by atoms with E-state index in [1.807, 2.05) is 0 Å². The van der Waals surface area contributed by atoms with Crippen molar-refractivity contribution in [3.8, 4) is 0 Å². The van der Waals surface area contributed by atoms with Crippen LogP contribution in [0.4, 0.5) is 0 Å². The van der Waals surface area contributed by atoms with Gasteiger partial charge in [-0.1, -0.05) is 0 Å². The second kappa shape index (κ2) is 6.34. The van der Waals surface area contributed by atoms with Crippen LogP contribution in [0.25, 0.3) is 0 Å². The fourth-order valence-corrected chi connectivity index (χ4v) is 3.03. The van der Waals surface area contributed by atoms with E-state index in [4.69, 9.17) is 15.4 Å². The summed E-state index contributed by atoms with van der Waals surface area (Å²) in [6, 6.07) is 1.26. The van der Waals surface area contributed by atoms with E-state index < -0.39 is 9.05 Å². The third-order valence-corrected chi connectivity index (χ3v) is 4.93. The number of rotatable bonds is 6. The van der Waals surface area contributed by atoms with Crippen LogP contribution in [0.15, 0.2) is 15.7 Å². The Bertz CT molecular complexity index is 483. The zero-order chi connectivity index (χ0) is 12.9. The van der Waals surface area contributed by atoms with Crippen LogP contribution in [0, 0.1) is 0 Å². The van der Waals surface area contributed by atoms with E-state index in [0.29, 0.717) is 25.1 Å². The summed E-state index contributed by atoms with van der Waals surface area (Å²) >= 11 is 0.923. The molecule has 0 fully saturated rings. The number of amides is 1. The second-order valence-corrected chi connectivity index (χ2v) is 6.90. The minimum Gasteiger partial charge on any atom is -0.385 e. The van der Waals surface area contributed by atoms with Gasteiger partial charge in [0.25, 0.3) is 15.0 Å². The van der Waals surface area contributed by atoms with Crippen LogP contribution in [0.3, 0.4) is 0 Å². The smallest absolute Gasteiger partial charge is 0.270 e. The van der Waals surface area contributed by atoms with Crippen LogP contribution in [-0.2, 0) is 13.8 Å². The van der Waals surface area contributed by atoms with Crippen LogP contribution in [0.1, 0.15) is 16.8 Å². The molecule has 0 radical (unpaired) electrons. The number of carbonyl (C=O) groups excluding carboxylic acids is 1. The van der Waals surface area contributed by atoms with E-state index in [0.717, 1.165) is 11.3 Å². The fraction of sp³-hybridized carbons (Fsp3) is 0.444. The predicted octanol–water partition coefficient (Wildman–Crippen LogP) is 1.44. The maximum Gasteiger partial charge on any atom is 0.270 e. The molecule has 0 saturated heterocycles. The number of thiophene rings is 1. The average Bonchev–Trinajstić information content (AvgIpc) is 2.72. The van der Waals surface area contributed by atoms with Crippen molar-refractivity contribution in [2.45, 2.75) is 10.6 Å². The highest BCUT2D eigenvalue weighted by atomic mass is 35.7. The molecule has 8 heteroatoms. The quantitative estimate of drug-likeness (QED) is 0.637. The van der Waals surface area contributed by atoms with E-state index in [2.05, 4.69) is 5.32 Å². The van der Waals surface area contributed by atoms with Gasteiger partial charge in [0.1, 0.15) is 4.21 Å². The Morgan fingerprint density at radius 3 is 2.82 bits per heavy atom. The minimum absolute atomic E-state index is 0.0267. The van der Waals surface area contributed by atoms with Crippen LogP contribution >= 0.6 is 22.0 Å². The van der Waals surface area contributed by atoms with Gasteiger partial charge >= 0.3 is 0 Å². The molecule has 5 nitrogen and oxygen atoms in total. The molecule has 1 aromatic rings. The molecule has 0 saturated carbocycles. The molecule has 0 aromatic carbocycles. The Balaban J connectivity index is 2.56. The highest BCUT2D eigenvalue weighted by molar-refractivity contribution is 8.15. The van der Waals surface area contributed by atoms with E-state index in [1.165, 1.54) is 11.4 Å². The average molecular weight is 298 g/mol. The molecule has 0 unspecified atom stereocenters. The summed E-state index contributed by atoms with van der Waals surface area (Å²) in [7, 11) is 2.98. The maximum atomic E-state index is 11.6. The molecule has 1 amide bonds. The molecule has 0 bridgehead atoms. The number of ether oxygens (including phenoxy) is 1. The zero-order valence-corrected chi connectivity index (χ0v) is 11.5. The van der Waals surface area contributed by atoms with Crippen molar-refractivity contribution in [2.75, 3.05) is 20.3 Å². The summed E-state index contributed by atoms with van der Waals surface area (Å²) in [5, 5.41) is 4.11. The lowest BCUT2D eigenvalue weighted by Gasteiger charge is -2.02. The summed E-state index contributed by atoms with van der Waals surface area (Å²) in [5.74, 6) is -0.316. The Hall–Kier alpha value is -0.630. The summed E-state index contributed by atoms with van der Waals surface area (Å²) in [6.07, 6.45) is 0.701. The lowest BCUT2D eigenvalue weighted by atomic mass is 10.3. The third-order valence-electron chi connectivity index (χ3n) is 1.89. The number of methoxy groups -OCH3 is 1.